The van der Waals surface area contributed by atoms with Crippen LogP contribution in [0.4, 0.5) is 4.79 Å². The fourth-order valence-electron chi connectivity index (χ4n) is 3.52. The van der Waals surface area contributed by atoms with Crippen molar-refractivity contribution in [1.82, 2.24) is 15.5 Å². The zero-order valence-electron chi connectivity index (χ0n) is 14.1. The number of hydrogen-bond donors (Lipinski definition) is 2. The highest BCUT2D eigenvalue weighted by Gasteiger charge is 2.54. The van der Waals surface area contributed by atoms with Gasteiger partial charge >= 0.3 is 6.03 Å². The molecule has 1 fully saturated rings. The molecule has 6 nitrogen and oxygen atoms in total. The number of nitrogens with one attached hydrogen (secondary N) is 2. The number of hydrogen-bond acceptors (Lipinski definition) is 3. The predicted molar refractivity (Wildman–Crippen MR) is 89.2 cm³/mol. The Bertz CT molecular complexity index is 688. The fourth-order valence-corrected chi connectivity index (χ4v) is 3.52. The molecule has 2 N–H and O–H groups in total. The molecule has 128 valence electrons. The summed E-state index contributed by atoms with van der Waals surface area (Å²) in [7, 11) is 0. The van der Waals surface area contributed by atoms with Crippen molar-refractivity contribution >= 4 is 17.8 Å². The molecule has 1 aliphatic heterocycles. The number of rotatable bonds is 4. The van der Waals surface area contributed by atoms with E-state index < -0.39 is 11.6 Å². The molecule has 1 spiro atoms. The van der Waals surface area contributed by atoms with Crippen LogP contribution in [-0.2, 0) is 21.5 Å². The highest BCUT2D eigenvalue weighted by molar-refractivity contribution is 6.09. The van der Waals surface area contributed by atoms with Gasteiger partial charge in [0.25, 0.3) is 5.91 Å². The molecule has 2 aliphatic rings. The second-order valence-corrected chi connectivity index (χ2v) is 6.61. The Morgan fingerprint density at radius 1 is 1.38 bits per heavy atom. The van der Waals surface area contributed by atoms with Gasteiger partial charge in [0.05, 0.1) is 0 Å². The van der Waals surface area contributed by atoms with E-state index in [1.54, 1.807) is 0 Å². The molecule has 0 bridgehead atoms. The number of benzene rings is 1. The maximum absolute atomic E-state index is 13.0. The molecule has 24 heavy (non-hydrogen) atoms. The first kappa shape index (κ1) is 16.5. The van der Waals surface area contributed by atoms with Crippen LogP contribution in [0.15, 0.2) is 24.3 Å². The van der Waals surface area contributed by atoms with Gasteiger partial charge in [0, 0.05) is 6.04 Å². The topological polar surface area (TPSA) is 78.5 Å². The highest BCUT2D eigenvalue weighted by Crippen LogP contribution is 2.39. The fraction of sp³-hybridized carbons (Fsp3) is 0.500. The van der Waals surface area contributed by atoms with Crippen molar-refractivity contribution in [2.45, 2.75) is 51.1 Å². The molecule has 2 atom stereocenters. The van der Waals surface area contributed by atoms with Gasteiger partial charge in [-0.25, -0.2) is 4.79 Å². The van der Waals surface area contributed by atoms with Crippen LogP contribution in [0.3, 0.4) is 0 Å². The summed E-state index contributed by atoms with van der Waals surface area (Å²) in [5.41, 5.74) is 0.936. The highest BCUT2D eigenvalue weighted by atomic mass is 16.2. The first-order valence-corrected chi connectivity index (χ1v) is 8.50. The summed E-state index contributed by atoms with van der Waals surface area (Å²) in [5, 5.41) is 5.65. The van der Waals surface area contributed by atoms with Crippen LogP contribution in [0.1, 0.15) is 44.2 Å². The van der Waals surface area contributed by atoms with Gasteiger partial charge in [0.2, 0.25) is 5.91 Å². The lowest BCUT2D eigenvalue weighted by Crippen LogP contribution is -2.47. The molecule has 1 aromatic rings. The summed E-state index contributed by atoms with van der Waals surface area (Å²) in [5.74, 6) is -0.632. The summed E-state index contributed by atoms with van der Waals surface area (Å²) >= 11 is 0. The molecule has 1 heterocycles. The van der Waals surface area contributed by atoms with Crippen LogP contribution in [0.5, 0.6) is 0 Å². The van der Waals surface area contributed by atoms with Gasteiger partial charge < -0.3 is 10.6 Å². The summed E-state index contributed by atoms with van der Waals surface area (Å²) in [6.45, 7) is 3.62. The Labute approximate surface area is 141 Å². The van der Waals surface area contributed by atoms with Crippen LogP contribution < -0.4 is 10.6 Å². The second kappa shape index (κ2) is 6.26. The van der Waals surface area contributed by atoms with Gasteiger partial charge in [-0.3, -0.25) is 14.5 Å². The van der Waals surface area contributed by atoms with E-state index in [0.29, 0.717) is 6.42 Å². The summed E-state index contributed by atoms with van der Waals surface area (Å²) in [4.78, 5) is 38.5. The molecular formula is C18H23N3O3. The minimum absolute atomic E-state index is 0.0163. The van der Waals surface area contributed by atoms with Crippen molar-refractivity contribution in [3.63, 3.8) is 0 Å². The summed E-state index contributed by atoms with van der Waals surface area (Å²) in [6, 6.07) is 7.24. The molecule has 4 amide bonds. The van der Waals surface area contributed by atoms with Crippen molar-refractivity contribution in [3.8, 4) is 0 Å². The SMILES string of the molecule is CCC(C)NC(=O)CN1C(=O)NC2(CCCc3ccccc32)C1=O. The lowest BCUT2D eigenvalue weighted by atomic mass is 9.76. The van der Waals surface area contributed by atoms with E-state index in [4.69, 9.17) is 0 Å². The van der Waals surface area contributed by atoms with Gasteiger partial charge in [0.15, 0.2) is 0 Å². The Kier molecular flexibility index (Phi) is 4.30. The summed E-state index contributed by atoms with van der Waals surface area (Å²) in [6.07, 6.45) is 3.09. The quantitative estimate of drug-likeness (QED) is 0.825. The van der Waals surface area contributed by atoms with Crippen LogP contribution in [0, 0.1) is 0 Å². The molecule has 0 radical (unpaired) electrons. The second-order valence-electron chi connectivity index (χ2n) is 6.61. The summed E-state index contributed by atoms with van der Waals surface area (Å²) < 4.78 is 0. The third-order valence-electron chi connectivity index (χ3n) is 4.97. The van der Waals surface area contributed by atoms with Crippen LogP contribution in [0.25, 0.3) is 0 Å². The number of urea groups is 1. The van der Waals surface area contributed by atoms with E-state index in [1.807, 2.05) is 38.1 Å². The molecular weight excluding hydrogens is 306 g/mol. The molecule has 1 aliphatic carbocycles. The minimum atomic E-state index is -1.01. The monoisotopic (exact) mass is 329 g/mol. The van der Waals surface area contributed by atoms with Gasteiger partial charge in [-0.2, -0.15) is 0 Å². The molecule has 1 saturated heterocycles. The maximum atomic E-state index is 13.0. The van der Waals surface area contributed by atoms with Crippen molar-refractivity contribution < 1.29 is 14.4 Å². The molecule has 3 rings (SSSR count). The number of aryl methyl sites for hydroxylation is 1. The lowest BCUT2D eigenvalue weighted by molar-refractivity contribution is -0.135. The van der Waals surface area contributed by atoms with Gasteiger partial charge in [0.1, 0.15) is 12.1 Å². The number of imide groups is 1. The molecule has 1 aromatic carbocycles. The number of carbonyl (C=O) groups excluding carboxylic acids is 3. The Morgan fingerprint density at radius 3 is 2.88 bits per heavy atom. The Morgan fingerprint density at radius 2 is 2.12 bits per heavy atom. The van der Waals surface area contributed by atoms with E-state index in [9.17, 15) is 14.4 Å². The van der Waals surface area contributed by atoms with Crippen molar-refractivity contribution in [2.24, 2.45) is 0 Å². The Hall–Kier alpha value is -2.37. The molecule has 0 aromatic heterocycles. The maximum Gasteiger partial charge on any atom is 0.325 e. The standard InChI is InChI=1S/C18H23N3O3/c1-3-12(2)19-15(22)11-21-16(23)18(20-17(21)24)10-6-8-13-7-4-5-9-14(13)18/h4-5,7,9,12H,3,6,8,10-11H2,1-2H3,(H,19,22)(H,20,24). The first-order chi connectivity index (χ1) is 11.5. The lowest BCUT2D eigenvalue weighted by Gasteiger charge is -2.33. The average Bonchev–Trinajstić information content (AvgIpc) is 2.80. The zero-order valence-corrected chi connectivity index (χ0v) is 14.1. The van der Waals surface area contributed by atoms with Crippen molar-refractivity contribution in [2.75, 3.05) is 6.54 Å². The predicted octanol–water partition coefficient (Wildman–Crippen LogP) is 1.68. The molecule has 6 heteroatoms. The van der Waals surface area contributed by atoms with E-state index >= 15 is 0 Å². The van der Waals surface area contributed by atoms with E-state index in [1.165, 1.54) is 0 Å². The molecule has 0 saturated carbocycles. The van der Waals surface area contributed by atoms with Crippen LogP contribution >= 0.6 is 0 Å². The van der Waals surface area contributed by atoms with Gasteiger partial charge in [-0.1, -0.05) is 31.2 Å². The molecule has 2 unspecified atom stereocenters. The third-order valence-corrected chi connectivity index (χ3v) is 4.97. The zero-order chi connectivity index (χ0) is 17.3. The largest absolute Gasteiger partial charge is 0.352 e. The number of carbonyl (C=O) groups is 3. The van der Waals surface area contributed by atoms with E-state index in [-0.39, 0.29) is 24.4 Å². The van der Waals surface area contributed by atoms with Gasteiger partial charge in [-0.05, 0) is 43.7 Å². The number of fused-ring (bicyclic) bond motifs is 2. The average molecular weight is 329 g/mol. The Balaban J connectivity index is 1.84. The first-order valence-electron chi connectivity index (χ1n) is 8.50. The normalized spacial score (nSPS) is 23.8. The number of nitrogens with zero attached hydrogens (tertiary/aromatic N) is 1. The minimum Gasteiger partial charge on any atom is -0.352 e. The smallest absolute Gasteiger partial charge is 0.325 e. The van der Waals surface area contributed by atoms with Crippen molar-refractivity contribution in [3.05, 3.63) is 35.4 Å². The van der Waals surface area contributed by atoms with Crippen LogP contribution in [-0.4, -0.2) is 35.3 Å². The third kappa shape index (κ3) is 2.66. The van der Waals surface area contributed by atoms with E-state index in [0.717, 1.165) is 35.3 Å². The van der Waals surface area contributed by atoms with E-state index in [2.05, 4.69) is 10.6 Å². The van der Waals surface area contributed by atoms with Gasteiger partial charge in [-0.15, -0.1) is 0 Å². The van der Waals surface area contributed by atoms with Crippen LogP contribution in [0.2, 0.25) is 0 Å². The number of amides is 4. The van der Waals surface area contributed by atoms with Crippen molar-refractivity contribution in [1.29, 1.82) is 0 Å².